The summed E-state index contributed by atoms with van der Waals surface area (Å²) in [6.07, 6.45) is 1.03. The Kier molecular flexibility index (Phi) is 4.52. The number of hydrogen-bond donors (Lipinski definition) is 0. The molecule has 6 aromatic rings. The van der Waals surface area contributed by atoms with Crippen LogP contribution in [-0.4, -0.2) is 0 Å². The molecule has 0 N–H and O–H groups in total. The molecule has 0 amide bonds. The summed E-state index contributed by atoms with van der Waals surface area (Å²) in [5.41, 5.74) is 5.38. The van der Waals surface area contributed by atoms with Crippen LogP contribution >= 0.6 is 11.3 Å². The summed E-state index contributed by atoms with van der Waals surface area (Å²) < 4.78 is 75.0. The van der Waals surface area contributed by atoms with Gasteiger partial charge in [-0.3, -0.25) is 0 Å². The standard InChI is InChI=1S/C35H28FN2S/c1-21(2)29-18-31(38(4)20-30(29)36)32-22(3)10-16-27-28-17-15-26(19-37)33(35(28)39-34(27)32)25-13-11-24(12-14-25)23-8-6-5-7-9-23/h5-18,20-21H,1-4H3/q+1/i1D3,2D3,21D. The number of nitriles is 1. The van der Waals surface area contributed by atoms with Crippen molar-refractivity contribution in [1.82, 2.24) is 0 Å². The maximum atomic E-state index is 15.5. The van der Waals surface area contributed by atoms with Crippen LogP contribution < -0.4 is 4.57 Å². The third-order valence-electron chi connectivity index (χ3n) is 7.17. The van der Waals surface area contributed by atoms with E-state index in [0.29, 0.717) is 16.8 Å². The molecule has 190 valence electrons. The lowest BCUT2D eigenvalue weighted by Gasteiger charge is -2.11. The van der Waals surface area contributed by atoms with Gasteiger partial charge in [-0.15, -0.1) is 11.3 Å². The Bertz CT molecular complexity index is 2170. The summed E-state index contributed by atoms with van der Waals surface area (Å²) in [4.78, 5) is 0. The van der Waals surface area contributed by atoms with Crippen molar-refractivity contribution < 1.29 is 18.6 Å². The van der Waals surface area contributed by atoms with E-state index in [2.05, 4.69) is 6.07 Å². The minimum atomic E-state index is -3.34. The molecule has 0 radical (unpaired) electrons. The number of rotatable bonds is 4. The lowest BCUT2D eigenvalue weighted by atomic mass is 9.94. The first kappa shape index (κ1) is 18.0. The fraction of sp³-hybridized carbons (Fsp3) is 0.143. The highest BCUT2D eigenvalue weighted by Crippen LogP contribution is 2.46. The highest BCUT2D eigenvalue weighted by molar-refractivity contribution is 7.27. The van der Waals surface area contributed by atoms with Crippen molar-refractivity contribution in [2.75, 3.05) is 0 Å². The predicted octanol–water partition coefficient (Wildman–Crippen LogP) is 9.32. The van der Waals surface area contributed by atoms with Gasteiger partial charge in [0.2, 0.25) is 11.9 Å². The van der Waals surface area contributed by atoms with Crippen LogP contribution in [0.3, 0.4) is 0 Å². The number of halogens is 1. The zero-order valence-electron chi connectivity index (χ0n) is 28.3. The van der Waals surface area contributed by atoms with Gasteiger partial charge in [-0.25, -0.2) is 4.39 Å². The summed E-state index contributed by atoms with van der Waals surface area (Å²) in [6.45, 7) is -4.81. The molecule has 0 aliphatic rings. The molecule has 4 aromatic carbocycles. The van der Waals surface area contributed by atoms with E-state index in [4.69, 9.17) is 9.60 Å². The first-order valence-electron chi connectivity index (χ1n) is 15.9. The number of aromatic nitrogens is 1. The van der Waals surface area contributed by atoms with Crippen LogP contribution in [0.15, 0.2) is 91.1 Å². The molecule has 0 saturated heterocycles. The normalized spacial score (nSPS) is 15.0. The molecule has 0 saturated carbocycles. The number of aryl methyl sites for hydroxylation is 2. The van der Waals surface area contributed by atoms with Crippen molar-refractivity contribution in [3.8, 4) is 39.6 Å². The highest BCUT2D eigenvalue weighted by Gasteiger charge is 2.24. The molecule has 2 nitrogen and oxygen atoms in total. The second-order valence-electron chi connectivity index (χ2n) is 9.56. The van der Waals surface area contributed by atoms with Crippen LogP contribution in [0.25, 0.3) is 53.7 Å². The smallest absolute Gasteiger partial charge is 0.200 e. The topological polar surface area (TPSA) is 27.7 Å². The molecule has 0 bridgehead atoms. The number of thiophene rings is 1. The van der Waals surface area contributed by atoms with Crippen molar-refractivity contribution in [1.29, 1.82) is 5.26 Å². The maximum Gasteiger partial charge on any atom is 0.214 e. The van der Waals surface area contributed by atoms with Gasteiger partial charge in [-0.2, -0.15) is 9.83 Å². The summed E-state index contributed by atoms with van der Waals surface area (Å²) >= 11 is 1.46. The summed E-state index contributed by atoms with van der Waals surface area (Å²) in [5, 5.41) is 11.9. The Labute approximate surface area is 242 Å². The predicted molar refractivity (Wildman–Crippen MR) is 160 cm³/mol. The zero-order valence-corrected chi connectivity index (χ0v) is 22.2. The molecule has 0 aliphatic heterocycles. The second-order valence-corrected chi connectivity index (χ2v) is 10.6. The summed E-state index contributed by atoms with van der Waals surface area (Å²) in [5.74, 6) is -4.29. The van der Waals surface area contributed by atoms with Gasteiger partial charge >= 0.3 is 0 Å². The van der Waals surface area contributed by atoms with Gasteiger partial charge in [0.25, 0.3) is 0 Å². The van der Waals surface area contributed by atoms with Crippen molar-refractivity contribution in [2.45, 2.75) is 26.5 Å². The maximum absolute atomic E-state index is 15.5. The van der Waals surface area contributed by atoms with E-state index in [1.807, 2.05) is 79.7 Å². The van der Waals surface area contributed by atoms with E-state index in [1.165, 1.54) is 22.0 Å². The molecule has 2 aromatic heterocycles. The zero-order chi connectivity index (χ0) is 33.2. The van der Waals surface area contributed by atoms with Crippen molar-refractivity contribution in [3.05, 3.63) is 114 Å². The van der Waals surface area contributed by atoms with E-state index < -0.39 is 31.0 Å². The van der Waals surface area contributed by atoms with E-state index in [1.54, 1.807) is 13.1 Å². The molecule has 4 heteroatoms. The number of pyridine rings is 1. The van der Waals surface area contributed by atoms with Gasteiger partial charge in [-0.05, 0) is 41.1 Å². The highest BCUT2D eigenvalue weighted by atomic mass is 32.1. The van der Waals surface area contributed by atoms with E-state index in [9.17, 15) is 5.26 Å². The average molecular weight is 535 g/mol. The SMILES string of the molecule is [2H]C([2H])([2H])C([2H])(c1cc(-c2c(C)ccc3c2sc2c(-c4ccc(-c5ccccc5)cc4)c(C#N)ccc23)[n+](C)cc1F)C([2H])([2H])[2H]. The molecule has 6 rings (SSSR count). The van der Waals surface area contributed by atoms with Gasteiger partial charge in [-0.1, -0.05) is 86.5 Å². The molecule has 0 aliphatic carbocycles. The molecule has 2 heterocycles. The average Bonchev–Trinajstić information content (AvgIpc) is 3.38. The van der Waals surface area contributed by atoms with Crippen LogP contribution in [0.5, 0.6) is 0 Å². The fourth-order valence-corrected chi connectivity index (χ4v) is 6.69. The Balaban J connectivity index is 1.61. The quantitative estimate of drug-likeness (QED) is 0.207. The minimum Gasteiger partial charge on any atom is -0.200 e. The minimum absolute atomic E-state index is 0.366. The third-order valence-corrected chi connectivity index (χ3v) is 8.43. The Hall–Kier alpha value is -4.33. The molecule has 0 atom stereocenters. The number of benzene rings is 4. The lowest BCUT2D eigenvalue weighted by molar-refractivity contribution is -0.662. The molecule has 0 fully saturated rings. The monoisotopic (exact) mass is 534 g/mol. The fourth-order valence-electron chi connectivity index (χ4n) is 5.22. The number of hydrogen-bond acceptors (Lipinski definition) is 2. The van der Waals surface area contributed by atoms with Gasteiger partial charge in [0, 0.05) is 47.0 Å². The van der Waals surface area contributed by atoms with Crippen LogP contribution in [0.2, 0.25) is 0 Å². The van der Waals surface area contributed by atoms with E-state index in [-0.39, 0.29) is 0 Å². The summed E-state index contributed by atoms with van der Waals surface area (Å²) in [6, 6.07) is 29.2. The lowest BCUT2D eigenvalue weighted by Crippen LogP contribution is -2.32. The Morgan fingerprint density at radius 1 is 0.872 bits per heavy atom. The first-order chi connectivity index (χ1) is 21.7. The van der Waals surface area contributed by atoms with Gasteiger partial charge < -0.3 is 0 Å². The molecular weight excluding hydrogens is 499 g/mol. The third kappa shape index (κ3) is 4.20. The first-order valence-corrected chi connectivity index (χ1v) is 13.2. The van der Waals surface area contributed by atoms with Gasteiger partial charge in [0.1, 0.15) is 7.05 Å². The van der Waals surface area contributed by atoms with Gasteiger partial charge in [0.15, 0.2) is 5.82 Å². The van der Waals surface area contributed by atoms with Crippen LogP contribution in [0.1, 0.15) is 45.9 Å². The van der Waals surface area contributed by atoms with Crippen molar-refractivity contribution >= 4 is 31.5 Å². The van der Waals surface area contributed by atoms with Crippen LogP contribution in [0.4, 0.5) is 4.39 Å². The Morgan fingerprint density at radius 3 is 2.21 bits per heavy atom. The largest absolute Gasteiger partial charge is 0.214 e. The number of fused-ring (bicyclic) bond motifs is 3. The molecule has 0 unspecified atom stereocenters. The second kappa shape index (κ2) is 9.76. The van der Waals surface area contributed by atoms with Crippen molar-refractivity contribution in [3.63, 3.8) is 0 Å². The van der Waals surface area contributed by atoms with Gasteiger partial charge in [0.05, 0.1) is 17.2 Å². The molecule has 39 heavy (non-hydrogen) atoms. The number of nitrogens with zero attached hydrogens (tertiary/aromatic N) is 2. The van der Waals surface area contributed by atoms with Crippen molar-refractivity contribution in [2.24, 2.45) is 7.05 Å². The molecular formula is C35H28FN2S+. The van der Waals surface area contributed by atoms with E-state index in [0.717, 1.165) is 54.2 Å². The molecule has 0 spiro atoms. The van der Waals surface area contributed by atoms with Crippen LogP contribution in [-0.2, 0) is 7.05 Å². The summed E-state index contributed by atoms with van der Waals surface area (Å²) in [7, 11) is 1.59. The van der Waals surface area contributed by atoms with Crippen LogP contribution in [0, 0.1) is 24.1 Å². The van der Waals surface area contributed by atoms with E-state index >= 15 is 4.39 Å². The Morgan fingerprint density at radius 2 is 1.51 bits per heavy atom.